The first-order valence-electron chi connectivity index (χ1n) is 3.40. The molecule has 0 fully saturated rings. The third-order valence-electron chi connectivity index (χ3n) is 1.38. The molecule has 1 rings (SSSR count). The molecule has 1 aromatic carbocycles. The summed E-state index contributed by atoms with van der Waals surface area (Å²) >= 11 is 3.28. The summed E-state index contributed by atoms with van der Waals surface area (Å²) in [4.78, 5) is 0. The van der Waals surface area contributed by atoms with Gasteiger partial charge in [-0.2, -0.15) is 0 Å². The molecule has 0 unspecified atom stereocenters. The van der Waals surface area contributed by atoms with Crippen LogP contribution in [0.1, 0.15) is 5.56 Å². The zero-order valence-electron chi connectivity index (χ0n) is 6.62. The monoisotopic (exact) mass is 248 g/mol. The van der Waals surface area contributed by atoms with E-state index < -0.39 is 9.84 Å². The van der Waals surface area contributed by atoms with Crippen LogP contribution in [0.4, 0.5) is 0 Å². The Morgan fingerprint density at radius 3 is 2.42 bits per heavy atom. The van der Waals surface area contributed by atoms with E-state index in [2.05, 4.69) is 15.9 Å². The first-order valence-corrected chi connectivity index (χ1v) is 6.25. The van der Waals surface area contributed by atoms with Crippen LogP contribution in [0.2, 0.25) is 0 Å². The summed E-state index contributed by atoms with van der Waals surface area (Å²) in [5, 5.41) is 0. The molecular formula is C8H9BrO2S. The van der Waals surface area contributed by atoms with Gasteiger partial charge in [-0.3, -0.25) is 0 Å². The molecule has 0 atom stereocenters. The van der Waals surface area contributed by atoms with Crippen LogP contribution in [0.15, 0.2) is 28.7 Å². The molecule has 0 N–H and O–H groups in total. The standard InChI is InChI=1S/C8H9BrO2S/c1-12(10,11)6-7-4-2-3-5-8(7)9/h2-5H,6H2,1H3. The molecule has 0 aliphatic heterocycles. The number of rotatable bonds is 2. The molecule has 4 heteroatoms. The number of halogens is 1. The van der Waals surface area contributed by atoms with Crippen LogP contribution in [0, 0.1) is 0 Å². The zero-order valence-corrected chi connectivity index (χ0v) is 9.02. The average Bonchev–Trinajstić information content (AvgIpc) is 1.91. The van der Waals surface area contributed by atoms with Crippen molar-refractivity contribution in [2.45, 2.75) is 5.75 Å². The van der Waals surface area contributed by atoms with E-state index in [9.17, 15) is 8.42 Å². The molecular weight excluding hydrogens is 240 g/mol. The van der Waals surface area contributed by atoms with Crippen LogP contribution in [-0.2, 0) is 15.6 Å². The van der Waals surface area contributed by atoms with Crippen LogP contribution >= 0.6 is 15.9 Å². The number of hydrogen-bond acceptors (Lipinski definition) is 2. The van der Waals surface area contributed by atoms with Crippen molar-refractivity contribution in [2.24, 2.45) is 0 Å². The van der Waals surface area contributed by atoms with Gasteiger partial charge in [-0.15, -0.1) is 0 Å². The largest absolute Gasteiger partial charge is 0.229 e. The number of sulfone groups is 1. The van der Waals surface area contributed by atoms with Gasteiger partial charge in [0, 0.05) is 10.7 Å². The Labute approximate surface area is 80.7 Å². The van der Waals surface area contributed by atoms with Gasteiger partial charge in [0.05, 0.1) is 5.75 Å². The summed E-state index contributed by atoms with van der Waals surface area (Å²) in [6.07, 6.45) is 1.23. The third-order valence-corrected chi connectivity index (χ3v) is 2.98. The maximum atomic E-state index is 10.9. The molecule has 0 saturated carbocycles. The van der Waals surface area contributed by atoms with E-state index in [4.69, 9.17) is 0 Å². The zero-order chi connectivity index (χ0) is 9.19. The molecule has 0 aliphatic rings. The summed E-state index contributed by atoms with van der Waals surface area (Å²) < 4.78 is 22.7. The lowest BCUT2D eigenvalue weighted by Gasteiger charge is -2.00. The molecule has 0 aliphatic carbocycles. The van der Waals surface area contributed by atoms with Crippen molar-refractivity contribution >= 4 is 25.8 Å². The highest BCUT2D eigenvalue weighted by Crippen LogP contribution is 2.17. The highest BCUT2D eigenvalue weighted by Gasteiger charge is 2.06. The van der Waals surface area contributed by atoms with E-state index in [1.807, 2.05) is 18.2 Å². The lowest BCUT2D eigenvalue weighted by Crippen LogP contribution is -2.00. The molecule has 0 heterocycles. The molecule has 12 heavy (non-hydrogen) atoms. The van der Waals surface area contributed by atoms with Crippen LogP contribution < -0.4 is 0 Å². The summed E-state index contributed by atoms with van der Waals surface area (Å²) in [5.41, 5.74) is 0.806. The van der Waals surface area contributed by atoms with Crippen LogP contribution in [-0.4, -0.2) is 14.7 Å². The summed E-state index contributed by atoms with van der Waals surface area (Å²) in [6.45, 7) is 0. The first kappa shape index (κ1) is 9.74. The van der Waals surface area contributed by atoms with Gasteiger partial charge in [0.25, 0.3) is 0 Å². The second kappa shape index (κ2) is 3.58. The Balaban J connectivity index is 2.98. The Kier molecular flexibility index (Phi) is 2.90. The highest BCUT2D eigenvalue weighted by atomic mass is 79.9. The fraction of sp³-hybridized carbons (Fsp3) is 0.250. The average molecular weight is 249 g/mol. The Morgan fingerprint density at radius 1 is 1.33 bits per heavy atom. The third kappa shape index (κ3) is 2.95. The minimum Gasteiger partial charge on any atom is -0.229 e. The van der Waals surface area contributed by atoms with Gasteiger partial charge in [-0.05, 0) is 11.6 Å². The molecule has 0 amide bonds. The van der Waals surface area contributed by atoms with Crippen LogP contribution in [0.25, 0.3) is 0 Å². The molecule has 0 spiro atoms. The molecule has 1 aromatic rings. The number of benzene rings is 1. The predicted molar refractivity (Wildman–Crippen MR) is 52.7 cm³/mol. The van der Waals surface area contributed by atoms with Crippen molar-refractivity contribution < 1.29 is 8.42 Å². The smallest absolute Gasteiger partial charge is 0.151 e. The maximum absolute atomic E-state index is 10.9. The minimum atomic E-state index is -2.93. The van der Waals surface area contributed by atoms with Gasteiger partial charge in [-0.1, -0.05) is 34.1 Å². The van der Waals surface area contributed by atoms with E-state index in [-0.39, 0.29) is 5.75 Å². The second-order valence-corrected chi connectivity index (χ2v) is 5.66. The highest BCUT2D eigenvalue weighted by molar-refractivity contribution is 9.10. The van der Waals surface area contributed by atoms with Crippen LogP contribution in [0.5, 0.6) is 0 Å². The van der Waals surface area contributed by atoms with Crippen molar-refractivity contribution in [3.8, 4) is 0 Å². The summed E-state index contributed by atoms with van der Waals surface area (Å²) in [7, 11) is -2.93. The fourth-order valence-electron chi connectivity index (χ4n) is 0.898. The molecule has 2 nitrogen and oxygen atoms in total. The Hall–Kier alpha value is -0.350. The van der Waals surface area contributed by atoms with E-state index in [1.165, 1.54) is 6.26 Å². The van der Waals surface area contributed by atoms with Gasteiger partial charge in [-0.25, -0.2) is 8.42 Å². The quantitative estimate of drug-likeness (QED) is 0.803. The van der Waals surface area contributed by atoms with Crippen molar-refractivity contribution in [1.82, 2.24) is 0 Å². The van der Waals surface area contributed by atoms with Crippen molar-refractivity contribution in [3.05, 3.63) is 34.3 Å². The molecule has 0 saturated heterocycles. The normalized spacial score (nSPS) is 11.5. The summed E-state index contributed by atoms with van der Waals surface area (Å²) in [5.74, 6) is 0.0917. The maximum Gasteiger partial charge on any atom is 0.151 e. The molecule has 0 bridgehead atoms. The summed E-state index contributed by atoms with van der Waals surface area (Å²) in [6, 6.07) is 7.31. The second-order valence-electron chi connectivity index (χ2n) is 2.66. The van der Waals surface area contributed by atoms with Gasteiger partial charge < -0.3 is 0 Å². The van der Waals surface area contributed by atoms with E-state index in [0.29, 0.717) is 0 Å². The lowest BCUT2D eigenvalue weighted by molar-refractivity contribution is 0.601. The van der Waals surface area contributed by atoms with Gasteiger partial charge >= 0.3 is 0 Å². The predicted octanol–water partition coefficient (Wildman–Crippen LogP) is 1.99. The van der Waals surface area contributed by atoms with Gasteiger partial charge in [0.15, 0.2) is 9.84 Å². The van der Waals surface area contributed by atoms with Crippen molar-refractivity contribution in [2.75, 3.05) is 6.26 Å². The fourth-order valence-corrected chi connectivity index (χ4v) is 2.33. The molecule has 0 aromatic heterocycles. The minimum absolute atomic E-state index is 0.0917. The van der Waals surface area contributed by atoms with Gasteiger partial charge in [0.2, 0.25) is 0 Å². The SMILES string of the molecule is CS(=O)(=O)Cc1ccccc1Br. The first-order chi connectivity index (χ1) is 5.49. The topological polar surface area (TPSA) is 34.1 Å². The molecule has 66 valence electrons. The molecule has 0 radical (unpaired) electrons. The Bertz CT molecular complexity index is 370. The van der Waals surface area contributed by atoms with Gasteiger partial charge in [0.1, 0.15) is 0 Å². The van der Waals surface area contributed by atoms with Crippen LogP contribution in [0.3, 0.4) is 0 Å². The van der Waals surface area contributed by atoms with E-state index in [0.717, 1.165) is 10.0 Å². The van der Waals surface area contributed by atoms with Crippen molar-refractivity contribution in [3.63, 3.8) is 0 Å². The lowest BCUT2D eigenvalue weighted by atomic mass is 10.2. The van der Waals surface area contributed by atoms with Crippen molar-refractivity contribution in [1.29, 1.82) is 0 Å². The van der Waals surface area contributed by atoms with E-state index in [1.54, 1.807) is 6.07 Å². The Morgan fingerprint density at radius 2 is 1.92 bits per heavy atom. The number of hydrogen-bond donors (Lipinski definition) is 0. The van der Waals surface area contributed by atoms with E-state index >= 15 is 0 Å².